The van der Waals surface area contributed by atoms with E-state index >= 15 is 0 Å². The van der Waals surface area contributed by atoms with Crippen molar-refractivity contribution in [3.05, 3.63) is 65.0 Å². The highest BCUT2D eigenvalue weighted by Crippen LogP contribution is 2.32. The maximum Gasteiger partial charge on any atom is 0.292 e. The summed E-state index contributed by atoms with van der Waals surface area (Å²) in [6.45, 7) is 2.62. The van der Waals surface area contributed by atoms with Crippen molar-refractivity contribution < 1.29 is 18.8 Å². The number of methoxy groups -OCH3 is 2. The molecule has 1 unspecified atom stereocenters. The summed E-state index contributed by atoms with van der Waals surface area (Å²) < 4.78 is 18.2. The topological polar surface area (TPSA) is 53.9 Å². The lowest BCUT2D eigenvalue weighted by molar-refractivity contribution is -0.918. The number of ether oxygens (including phenoxy) is 2. The Hall–Kier alpha value is -2.90. The molecule has 0 aliphatic carbocycles. The van der Waals surface area contributed by atoms with Gasteiger partial charge in [0.1, 0.15) is 11.5 Å². The fourth-order valence-corrected chi connectivity index (χ4v) is 3.73. The second-order valence-corrected chi connectivity index (χ2v) is 7.30. The van der Waals surface area contributed by atoms with Gasteiger partial charge in [-0.15, -0.1) is 5.10 Å². The molecule has 1 aromatic heterocycles. The number of nitrogens with one attached hydrogen (secondary N) is 1. The van der Waals surface area contributed by atoms with Crippen molar-refractivity contribution in [1.29, 1.82) is 0 Å². The van der Waals surface area contributed by atoms with Gasteiger partial charge in [-0.25, -0.2) is 0 Å². The molecule has 0 fully saturated rings. The third-order valence-corrected chi connectivity index (χ3v) is 5.44. The maximum atomic E-state index is 5.77. The minimum Gasteiger partial charge on any atom is -0.497 e. The summed E-state index contributed by atoms with van der Waals surface area (Å²) in [6.07, 6.45) is 3.34. The Balaban J connectivity index is 1.50. The first kappa shape index (κ1) is 19.4. The molecule has 0 bridgehead atoms. The third kappa shape index (κ3) is 4.26. The molecule has 0 saturated carbocycles. The van der Waals surface area contributed by atoms with Gasteiger partial charge in [0.05, 0.1) is 32.9 Å². The molecule has 1 atom stereocenters. The molecule has 2 aromatic carbocycles. The van der Waals surface area contributed by atoms with E-state index in [1.807, 2.05) is 18.2 Å². The molecule has 0 radical (unpaired) electrons. The van der Waals surface area contributed by atoms with Crippen molar-refractivity contribution in [2.75, 3.05) is 27.3 Å². The predicted molar refractivity (Wildman–Crippen MR) is 114 cm³/mol. The summed E-state index contributed by atoms with van der Waals surface area (Å²) in [7, 11) is 3.23. The Labute approximate surface area is 175 Å². The SMILES string of the molecule is COc1ccc(-c2nn(C[NH+]3CC=C(c4ccccc4)CC3)c(=S)o2)c(OC)c1. The zero-order valence-electron chi connectivity index (χ0n) is 16.6. The van der Waals surface area contributed by atoms with E-state index < -0.39 is 0 Å². The summed E-state index contributed by atoms with van der Waals surface area (Å²) >= 11 is 5.41. The summed E-state index contributed by atoms with van der Waals surface area (Å²) in [5.41, 5.74) is 3.46. The zero-order valence-corrected chi connectivity index (χ0v) is 17.4. The molecule has 0 spiro atoms. The van der Waals surface area contributed by atoms with E-state index in [2.05, 4.69) is 35.4 Å². The van der Waals surface area contributed by atoms with Gasteiger partial charge in [-0.3, -0.25) is 0 Å². The lowest BCUT2D eigenvalue weighted by Gasteiger charge is -2.23. The summed E-state index contributed by atoms with van der Waals surface area (Å²) in [4.78, 5) is 1.76. The van der Waals surface area contributed by atoms with Gasteiger partial charge in [-0.1, -0.05) is 30.3 Å². The van der Waals surface area contributed by atoms with Crippen molar-refractivity contribution in [3.63, 3.8) is 0 Å². The van der Waals surface area contributed by atoms with Crippen LogP contribution in [0.2, 0.25) is 0 Å². The van der Waals surface area contributed by atoms with Gasteiger partial charge in [0.2, 0.25) is 0 Å². The fourth-order valence-electron chi connectivity index (χ4n) is 3.54. The molecule has 1 aliphatic heterocycles. The predicted octanol–water partition coefficient (Wildman–Crippen LogP) is 3.22. The van der Waals surface area contributed by atoms with Crippen LogP contribution in [0.1, 0.15) is 12.0 Å². The Morgan fingerprint density at radius 2 is 1.97 bits per heavy atom. The average Bonchev–Trinajstić information content (AvgIpc) is 3.14. The Kier molecular flexibility index (Phi) is 5.78. The number of nitrogens with zero attached hydrogens (tertiary/aromatic N) is 2. The van der Waals surface area contributed by atoms with Crippen LogP contribution in [-0.2, 0) is 6.67 Å². The number of hydrogen-bond acceptors (Lipinski definition) is 5. The number of rotatable bonds is 6. The third-order valence-electron chi connectivity index (χ3n) is 5.15. The highest BCUT2D eigenvalue weighted by Gasteiger charge is 2.20. The van der Waals surface area contributed by atoms with Gasteiger partial charge >= 0.3 is 0 Å². The molecular weight excluding hydrogens is 386 g/mol. The van der Waals surface area contributed by atoms with E-state index in [1.54, 1.807) is 25.0 Å². The van der Waals surface area contributed by atoms with Gasteiger partial charge < -0.3 is 18.8 Å². The first-order valence-electron chi connectivity index (χ1n) is 9.56. The highest BCUT2D eigenvalue weighted by atomic mass is 32.1. The maximum absolute atomic E-state index is 5.77. The van der Waals surface area contributed by atoms with Crippen molar-refractivity contribution in [2.24, 2.45) is 0 Å². The second kappa shape index (κ2) is 8.63. The minimum atomic E-state index is 0.364. The first-order valence-corrected chi connectivity index (χ1v) is 9.97. The smallest absolute Gasteiger partial charge is 0.292 e. The molecule has 0 saturated heterocycles. The highest BCUT2D eigenvalue weighted by molar-refractivity contribution is 7.71. The van der Waals surface area contributed by atoms with Crippen LogP contribution in [-0.4, -0.2) is 37.1 Å². The summed E-state index contributed by atoms with van der Waals surface area (Å²) in [5, 5.41) is 4.60. The van der Waals surface area contributed by atoms with E-state index in [0.717, 1.165) is 25.1 Å². The molecule has 150 valence electrons. The van der Waals surface area contributed by atoms with E-state index in [4.69, 9.17) is 26.1 Å². The first-order chi connectivity index (χ1) is 14.2. The molecule has 29 heavy (non-hydrogen) atoms. The molecule has 7 heteroatoms. The molecule has 3 aromatic rings. The van der Waals surface area contributed by atoms with Crippen molar-refractivity contribution in [2.45, 2.75) is 13.1 Å². The van der Waals surface area contributed by atoms with E-state index in [-0.39, 0.29) is 0 Å². The number of aromatic nitrogens is 2. The molecule has 1 aliphatic rings. The van der Waals surface area contributed by atoms with Crippen LogP contribution in [0.5, 0.6) is 11.5 Å². The monoisotopic (exact) mass is 410 g/mol. The van der Waals surface area contributed by atoms with E-state index in [0.29, 0.717) is 28.9 Å². The zero-order chi connectivity index (χ0) is 20.2. The minimum absolute atomic E-state index is 0.364. The summed E-state index contributed by atoms with van der Waals surface area (Å²) in [5.74, 6) is 1.79. The van der Waals surface area contributed by atoms with E-state index in [1.165, 1.54) is 16.0 Å². The standard InChI is InChI=1S/C22H23N3O3S/c1-26-18-8-9-19(20(14-18)27-2)21-23-25(22(29)28-21)15-24-12-10-17(11-13-24)16-6-4-3-5-7-16/h3-10,14H,11-13,15H2,1-2H3/p+1. The lowest BCUT2D eigenvalue weighted by atomic mass is 10.00. The van der Waals surface area contributed by atoms with Crippen molar-refractivity contribution in [1.82, 2.24) is 9.78 Å². The summed E-state index contributed by atoms with van der Waals surface area (Å²) in [6, 6.07) is 16.1. The molecule has 0 amide bonds. The van der Waals surface area contributed by atoms with Crippen LogP contribution in [0, 0.1) is 4.84 Å². The molecule has 4 rings (SSSR count). The van der Waals surface area contributed by atoms with E-state index in [9.17, 15) is 0 Å². The molecule has 2 heterocycles. The Morgan fingerprint density at radius 3 is 2.66 bits per heavy atom. The number of hydrogen-bond donors (Lipinski definition) is 1. The number of benzene rings is 2. The van der Waals surface area contributed by atoms with Gasteiger partial charge in [0.15, 0.2) is 6.67 Å². The quantitative estimate of drug-likeness (QED) is 0.633. The van der Waals surface area contributed by atoms with Crippen LogP contribution in [0.15, 0.2) is 59.0 Å². The van der Waals surface area contributed by atoms with Crippen LogP contribution in [0.25, 0.3) is 17.0 Å². The number of quaternary nitrogens is 1. The van der Waals surface area contributed by atoms with Gasteiger partial charge in [-0.2, -0.15) is 4.68 Å². The fraction of sp³-hybridized carbons (Fsp3) is 0.273. The molecular formula is C22H24N3O3S+. The van der Waals surface area contributed by atoms with Gasteiger partial charge in [-0.05, 0) is 41.6 Å². The van der Waals surface area contributed by atoms with Gasteiger partial charge in [0.25, 0.3) is 10.7 Å². The van der Waals surface area contributed by atoms with Crippen LogP contribution in [0.3, 0.4) is 0 Å². The van der Waals surface area contributed by atoms with Crippen molar-refractivity contribution >= 4 is 17.8 Å². The average molecular weight is 411 g/mol. The van der Waals surface area contributed by atoms with Crippen LogP contribution in [0.4, 0.5) is 0 Å². The normalized spacial score (nSPS) is 16.3. The second-order valence-electron chi connectivity index (χ2n) is 6.95. The van der Waals surface area contributed by atoms with Crippen molar-refractivity contribution in [3.8, 4) is 23.0 Å². The van der Waals surface area contributed by atoms with Crippen LogP contribution >= 0.6 is 12.2 Å². The molecule has 1 N–H and O–H groups in total. The Morgan fingerprint density at radius 1 is 1.14 bits per heavy atom. The molecule has 6 nitrogen and oxygen atoms in total. The largest absolute Gasteiger partial charge is 0.497 e. The van der Waals surface area contributed by atoms with Gasteiger partial charge in [0, 0.05) is 12.5 Å². The lowest BCUT2D eigenvalue weighted by Crippen LogP contribution is -3.11. The Bertz CT molecular complexity index is 1070. The van der Waals surface area contributed by atoms with Crippen LogP contribution < -0.4 is 14.4 Å².